The minimum atomic E-state index is -2.04. The van der Waals surface area contributed by atoms with E-state index in [0.717, 1.165) is 23.1 Å². The topological polar surface area (TPSA) is 65.7 Å². The fourth-order valence-corrected chi connectivity index (χ4v) is 7.58. The standard InChI is InChI=1S/C31H46O5Si2/c1-29(2,3)37(9,10)35-18-19-17-34-28-21-13-15-22-20(25(21)27(33)26(32)24(19)28)14-16-23(31(22,7)8)36-38(11,12)30(4,5)6/h13,15,17,23H,14,16,18H2,1-12H3/t23-/m0/s1. The molecule has 4 rings (SSSR count). The summed E-state index contributed by atoms with van der Waals surface area (Å²) in [6.07, 6.45) is 3.19. The number of ketones is 2. The van der Waals surface area contributed by atoms with E-state index >= 15 is 0 Å². The Bertz CT molecular complexity index is 1280. The number of carbonyl (C=O) groups excluding carboxylic acids is 2. The Morgan fingerprint density at radius 3 is 2.08 bits per heavy atom. The van der Waals surface area contributed by atoms with Crippen LogP contribution in [0.5, 0.6) is 0 Å². The van der Waals surface area contributed by atoms with Gasteiger partial charge in [0.15, 0.2) is 16.6 Å². The van der Waals surface area contributed by atoms with E-state index in [0.29, 0.717) is 28.9 Å². The van der Waals surface area contributed by atoms with Gasteiger partial charge in [0.2, 0.25) is 11.6 Å². The number of Topliss-reactive ketones (excluding diaryl/α,β-unsaturated/α-hetero) is 2. The monoisotopic (exact) mass is 554 g/mol. The van der Waals surface area contributed by atoms with Crippen molar-refractivity contribution in [3.8, 4) is 11.3 Å². The molecule has 0 aliphatic heterocycles. The molecule has 0 fully saturated rings. The highest BCUT2D eigenvalue weighted by atomic mass is 28.4. The van der Waals surface area contributed by atoms with Crippen molar-refractivity contribution < 1.29 is 22.9 Å². The summed E-state index contributed by atoms with van der Waals surface area (Å²) in [6.45, 7) is 27.0. The molecule has 1 atom stereocenters. The van der Waals surface area contributed by atoms with Crippen molar-refractivity contribution in [2.75, 3.05) is 0 Å². The summed E-state index contributed by atoms with van der Waals surface area (Å²) in [5.74, 6) is -0.418. The lowest BCUT2D eigenvalue weighted by molar-refractivity contribution is 0.0805. The van der Waals surface area contributed by atoms with Gasteiger partial charge in [-0.1, -0.05) is 67.5 Å². The lowest BCUT2D eigenvalue weighted by atomic mass is 9.67. The number of furan rings is 1. The summed E-state index contributed by atoms with van der Waals surface area (Å²) in [5.41, 5.74) is 4.06. The van der Waals surface area contributed by atoms with Crippen LogP contribution in [-0.4, -0.2) is 34.3 Å². The number of benzene rings is 1. The maximum absolute atomic E-state index is 13.7. The predicted octanol–water partition coefficient (Wildman–Crippen LogP) is 8.46. The van der Waals surface area contributed by atoms with E-state index in [1.807, 2.05) is 6.07 Å². The van der Waals surface area contributed by atoms with Gasteiger partial charge in [-0.3, -0.25) is 9.59 Å². The molecule has 0 amide bonds. The van der Waals surface area contributed by atoms with Crippen LogP contribution in [0.2, 0.25) is 36.3 Å². The lowest BCUT2D eigenvalue weighted by Gasteiger charge is -2.47. The molecule has 2 aliphatic rings. The van der Waals surface area contributed by atoms with Crippen LogP contribution in [-0.2, 0) is 27.3 Å². The van der Waals surface area contributed by atoms with Crippen LogP contribution in [0, 0.1) is 0 Å². The lowest BCUT2D eigenvalue weighted by Crippen LogP contribution is -2.51. The van der Waals surface area contributed by atoms with Crippen LogP contribution >= 0.6 is 0 Å². The molecule has 1 heterocycles. The highest BCUT2D eigenvalue weighted by Crippen LogP contribution is 2.48. The molecule has 0 unspecified atom stereocenters. The molecule has 5 nitrogen and oxygen atoms in total. The second-order valence-electron chi connectivity index (χ2n) is 14.8. The van der Waals surface area contributed by atoms with Gasteiger partial charge in [0.1, 0.15) is 5.76 Å². The second kappa shape index (κ2) is 9.11. The van der Waals surface area contributed by atoms with Crippen molar-refractivity contribution in [1.82, 2.24) is 0 Å². The minimum Gasteiger partial charge on any atom is -0.463 e. The molecule has 1 aromatic carbocycles. The Balaban J connectivity index is 1.72. The SMILES string of the molecule is CC1(C)c2ccc3c(c2CC[C@@H]1O[Si](C)(C)C(C)(C)C)C(=O)C(=O)c1c(CO[Si](C)(C)C(C)(C)C)coc1-3. The van der Waals surface area contributed by atoms with Crippen molar-refractivity contribution in [2.24, 2.45) is 0 Å². The smallest absolute Gasteiger partial charge is 0.237 e. The molecule has 38 heavy (non-hydrogen) atoms. The van der Waals surface area contributed by atoms with E-state index in [2.05, 4.69) is 87.6 Å². The van der Waals surface area contributed by atoms with E-state index in [9.17, 15) is 9.59 Å². The van der Waals surface area contributed by atoms with E-state index in [1.54, 1.807) is 6.26 Å². The Kier molecular flexibility index (Phi) is 7.00. The van der Waals surface area contributed by atoms with E-state index < -0.39 is 28.2 Å². The maximum atomic E-state index is 13.7. The molecule has 0 spiro atoms. The maximum Gasteiger partial charge on any atom is 0.237 e. The Hall–Kier alpha value is -1.81. The van der Waals surface area contributed by atoms with Gasteiger partial charge in [-0.2, -0.15) is 0 Å². The van der Waals surface area contributed by atoms with Gasteiger partial charge in [0.25, 0.3) is 0 Å². The largest absolute Gasteiger partial charge is 0.463 e. The summed E-state index contributed by atoms with van der Waals surface area (Å²) in [4.78, 5) is 27.2. The summed E-state index contributed by atoms with van der Waals surface area (Å²) >= 11 is 0. The average molecular weight is 555 g/mol. The van der Waals surface area contributed by atoms with Gasteiger partial charge >= 0.3 is 0 Å². The van der Waals surface area contributed by atoms with Crippen LogP contribution in [0.1, 0.15) is 99.2 Å². The van der Waals surface area contributed by atoms with E-state index in [-0.39, 0.29) is 28.2 Å². The van der Waals surface area contributed by atoms with Crippen molar-refractivity contribution >= 4 is 28.2 Å². The molecule has 0 N–H and O–H groups in total. The molecule has 2 aliphatic carbocycles. The van der Waals surface area contributed by atoms with Gasteiger partial charge in [-0.15, -0.1) is 0 Å². The zero-order valence-corrected chi connectivity index (χ0v) is 27.5. The first kappa shape index (κ1) is 29.2. The third kappa shape index (κ3) is 4.63. The highest BCUT2D eigenvalue weighted by molar-refractivity contribution is 6.74. The Morgan fingerprint density at radius 2 is 1.50 bits per heavy atom. The van der Waals surface area contributed by atoms with E-state index in [4.69, 9.17) is 13.3 Å². The first-order chi connectivity index (χ1) is 17.2. The van der Waals surface area contributed by atoms with Crippen LogP contribution in [0.25, 0.3) is 11.3 Å². The second-order valence-corrected chi connectivity index (χ2v) is 24.4. The molecule has 0 bridgehead atoms. The third-order valence-corrected chi connectivity index (χ3v) is 18.8. The number of fused-ring (bicyclic) bond motifs is 5. The van der Waals surface area contributed by atoms with E-state index in [1.165, 1.54) is 0 Å². The molecule has 208 valence electrons. The zero-order chi connectivity index (χ0) is 28.6. The fourth-order valence-electron chi connectivity index (χ4n) is 5.16. The van der Waals surface area contributed by atoms with Gasteiger partial charge < -0.3 is 13.3 Å². The first-order valence-electron chi connectivity index (χ1n) is 13.9. The molecule has 0 saturated carbocycles. The van der Waals surface area contributed by atoms with Gasteiger partial charge in [0, 0.05) is 22.1 Å². The van der Waals surface area contributed by atoms with Crippen LogP contribution < -0.4 is 0 Å². The first-order valence-corrected chi connectivity index (χ1v) is 19.7. The van der Waals surface area contributed by atoms with Gasteiger partial charge in [-0.05, 0) is 60.2 Å². The number of carbonyl (C=O) groups is 2. The number of hydrogen-bond acceptors (Lipinski definition) is 5. The summed E-state index contributed by atoms with van der Waals surface area (Å²) in [7, 11) is -4.01. The molecular weight excluding hydrogens is 509 g/mol. The zero-order valence-electron chi connectivity index (χ0n) is 25.5. The number of hydrogen-bond donors (Lipinski definition) is 0. The van der Waals surface area contributed by atoms with Gasteiger partial charge in [0.05, 0.1) is 24.5 Å². The molecular formula is C31H46O5Si2. The molecule has 2 aromatic rings. The van der Waals surface area contributed by atoms with Crippen molar-refractivity contribution in [3.05, 3.63) is 46.2 Å². The van der Waals surface area contributed by atoms with Crippen LogP contribution in [0.15, 0.2) is 22.8 Å². The predicted molar refractivity (Wildman–Crippen MR) is 158 cm³/mol. The van der Waals surface area contributed by atoms with Gasteiger partial charge in [-0.25, -0.2) is 0 Å². The van der Waals surface area contributed by atoms with Crippen molar-refractivity contribution in [1.29, 1.82) is 0 Å². The quantitative estimate of drug-likeness (QED) is 0.274. The van der Waals surface area contributed by atoms with Crippen LogP contribution in [0.4, 0.5) is 0 Å². The normalized spacial score (nSPS) is 19.7. The average Bonchev–Trinajstić information content (AvgIpc) is 3.20. The van der Waals surface area contributed by atoms with Crippen molar-refractivity contribution in [3.63, 3.8) is 0 Å². The summed E-state index contributed by atoms with van der Waals surface area (Å²) in [5, 5.41) is 0.157. The molecule has 1 aromatic heterocycles. The summed E-state index contributed by atoms with van der Waals surface area (Å²) in [6, 6.07) is 4.09. The Labute approximate surface area is 230 Å². The number of rotatable bonds is 5. The molecule has 0 saturated heterocycles. The molecule has 7 heteroatoms. The van der Waals surface area contributed by atoms with Crippen molar-refractivity contribution in [2.45, 2.75) is 123 Å². The Morgan fingerprint density at radius 1 is 0.921 bits per heavy atom. The highest BCUT2D eigenvalue weighted by Gasteiger charge is 2.47. The molecule has 0 radical (unpaired) electrons. The van der Waals surface area contributed by atoms with Crippen LogP contribution in [0.3, 0.4) is 0 Å². The summed E-state index contributed by atoms with van der Waals surface area (Å²) < 4.78 is 19.3. The fraction of sp³-hybridized carbons (Fsp3) is 0.613. The minimum absolute atomic E-state index is 0.0429. The third-order valence-electron chi connectivity index (χ3n) is 9.88.